The number of amides is 1. The molecule has 6 heteroatoms. The summed E-state index contributed by atoms with van der Waals surface area (Å²) < 4.78 is 13.0. The Bertz CT molecular complexity index is 617. The van der Waals surface area contributed by atoms with Crippen LogP contribution in [0.2, 0.25) is 0 Å². The molecule has 0 aliphatic heterocycles. The number of hydrogen-bond acceptors (Lipinski definition) is 4. The molecule has 110 valence electrons. The molecule has 0 bridgehead atoms. The fourth-order valence-electron chi connectivity index (χ4n) is 1.81. The Balaban J connectivity index is 1.95. The maximum atomic E-state index is 13.0. The van der Waals surface area contributed by atoms with Crippen LogP contribution in [0.5, 0.6) is 0 Å². The fraction of sp³-hybridized carbons (Fsp3) is 0.133. The molecule has 0 heterocycles. The Morgan fingerprint density at radius 1 is 1.19 bits per heavy atom. The highest BCUT2D eigenvalue weighted by molar-refractivity contribution is 5.94. The van der Waals surface area contributed by atoms with Crippen molar-refractivity contribution in [2.24, 2.45) is 0 Å². The van der Waals surface area contributed by atoms with Gasteiger partial charge in [-0.3, -0.25) is 4.79 Å². The Hall–Kier alpha value is -2.28. The molecule has 4 N–H and O–H groups in total. The smallest absolute Gasteiger partial charge is 0.251 e. The van der Waals surface area contributed by atoms with E-state index >= 15 is 0 Å². The Morgan fingerprint density at radius 3 is 2.52 bits per heavy atom. The molecule has 1 unspecified atom stereocenters. The fourth-order valence-corrected chi connectivity index (χ4v) is 1.81. The molecule has 0 aliphatic rings. The van der Waals surface area contributed by atoms with Gasteiger partial charge in [-0.15, -0.1) is 0 Å². The van der Waals surface area contributed by atoms with E-state index in [1.165, 1.54) is 24.3 Å². The van der Waals surface area contributed by atoms with Crippen molar-refractivity contribution in [1.82, 2.24) is 10.8 Å². The molecule has 2 aromatic carbocycles. The minimum Gasteiger partial charge on any atom is -0.372 e. The van der Waals surface area contributed by atoms with Crippen LogP contribution in [-0.4, -0.2) is 16.2 Å². The van der Waals surface area contributed by atoms with Crippen LogP contribution in [0.15, 0.2) is 48.5 Å². The van der Waals surface area contributed by atoms with E-state index in [1.807, 2.05) is 0 Å². The minimum absolute atomic E-state index is 0.256. The lowest BCUT2D eigenvalue weighted by molar-refractivity contribution is 0.000691. The number of hydroxylamine groups is 1. The lowest BCUT2D eigenvalue weighted by Gasteiger charge is -2.10. The zero-order valence-electron chi connectivity index (χ0n) is 11.1. The van der Waals surface area contributed by atoms with Crippen molar-refractivity contribution >= 4 is 5.91 Å². The molecule has 21 heavy (non-hydrogen) atoms. The summed E-state index contributed by atoms with van der Waals surface area (Å²) in [5, 5.41) is 20.6. The van der Waals surface area contributed by atoms with E-state index in [0.29, 0.717) is 5.56 Å². The summed E-state index contributed by atoms with van der Waals surface area (Å²) in [5.41, 5.74) is 3.30. The largest absolute Gasteiger partial charge is 0.372 e. The van der Waals surface area contributed by atoms with Crippen LogP contribution in [-0.2, 0) is 6.54 Å². The number of rotatable bonds is 5. The summed E-state index contributed by atoms with van der Waals surface area (Å²) in [6.07, 6.45) is -1.15. The van der Waals surface area contributed by atoms with Crippen molar-refractivity contribution in [3.05, 3.63) is 71.0 Å². The Labute approximate surface area is 121 Å². The average molecular weight is 290 g/mol. The van der Waals surface area contributed by atoms with Crippen molar-refractivity contribution in [1.29, 1.82) is 0 Å². The molecule has 2 rings (SSSR count). The van der Waals surface area contributed by atoms with Gasteiger partial charge in [-0.25, -0.2) is 4.39 Å². The second kappa shape index (κ2) is 6.94. The third kappa shape index (κ3) is 4.09. The summed E-state index contributed by atoms with van der Waals surface area (Å²) in [6, 6.07) is 12.1. The highest BCUT2D eigenvalue weighted by atomic mass is 19.1. The lowest BCUT2D eigenvalue weighted by Crippen LogP contribution is -2.23. The Morgan fingerprint density at radius 2 is 1.90 bits per heavy atom. The van der Waals surface area contributed by atoms with Crippen molar-refractivity contribution in [3.63, 3.8) is 0 Å². The average Bonchev–Trinajstić information content (AvgIpc) is 2.52. The molecule has 0 fully saturated rings. The normalized spacial score (nSPS) is 12.0. The van der Waals surface area contributed by atoms with Gasteiger partial charge in [-0.05, 0) is 29.3 Å². The van der Waals surface area contributed by atoms with Gasteiger partial charge in [-0.1, -0.05) is 30.3 Å². The van der Waals surface area contributed by atoms with Crippen molar-refractivity contribution < 1.29 is 19.5 Å². The van der Waals surface area contributed by atoms with Crippen LogP contribution >= 0.6 is 0 Å². The first-order chi connectivity index (χ1) is 10.1. The highest BCUT2D eigenvalue weighted by Gasteiger charge is 2.07. The molecule has 0 saturated heterocycles. The van der Waals surface area contributed by atoms with Crippen molar-refractivity contribution in [2.75, 3.05) is 0 Å². The molecule has 5 nitrogen and oxygen atoms in total. The molecular weight excluding hydrogens is 275 g/mol. The van der Waals surface area contributed by atoms with Crippen LogP contribution in [0.25, 0.3) is 0 Å². The third-order valence-electron chi connectivity index (χ3n) is 2.96. The zero-order valence-corrected chi connectivity index (χ0v) is 11.1. The number of halogens is 1. The molecule has 0 spiro atoms. The topological polar surface area (TPSA) is 81.6 Å². The number of aliphatic hydroxyl groups excluding tert-OH is 1. The summed E-state index contributed by atoms with van der Waals surface area (Å²) in [6.45, 7) is 0.276. The van der Waals surface area contributed by atoms with Crippen molar-refractivity contribution in [3.8, 4) is 0 Å². The van der Waals surface area contributed by atoms with Gasteiger partial charge in [0.05, 0.1) is 0 Å². The number of benzene rings is 2. The molecule has 0 aromatic heterocycles. The van der Waals surface area contributed by atoms with E-state index in [4.69, 9.17) is 5.21 Å². The number of aliphatic hydroxyl groups is 1. The molecule has 0 saturated carbocycles. The molecule has 2 aromatic rings. The first kappa shape index (κ1) is 15.1. The zero-order chi connectivity index (χ0) is 15.2. The number of carbonyl (C=O) groups excluding carboxylic acids is 1. The van der Waals surface area contributed by atoms with E-state index in [1.54, 1.807) is 29.7 Å². The maximum Gasteiger partial charge on any atom is 0.251 e. The predicted octanol–water partition coefficient (Wildman–Crippen LogP) is 1.73. The van der Waals surface area contributed by atoms with Crippen LogP contribution < -0.4 is 10.8 Å². The second-order valence-corrected chi connectivity index (χ2v) is 4.47. The van der Waals surface area contributed by atoms with Crippen LogP contribution in [0.1, 0.15) is 27.7 Å². The molecule has 0 radical (unpaired) electrons. The van der Waals surface area contributed by atoms with Crippen LogP contribution in [0, 0.1) is 5.82 Å². The van der Waals surface area contributed by atoms with Gasteiger partial charge in [0.25, 0.3) is 5.91 Å². The van der Waals surface area contributed by atoms with Gasteiger partial charge >= 0.3 is 0 Å². The highest BCUT2D eigenvalue weighted by Crippen LogP contribution is 2.11. The molecule has 0 aliphatic carbocycles. The molecule has 1 atom stereocenters. The standard InChI is InChI=1S/C15H15FN2O3/c16-13-3-1-2-12(8-13)14(19)17-9-10-4-6-11(7-5-10)15(20)18-21/h1-8,15,18,20-21H,9H2,(H,17,19). The van der Waals surface area contributed by atoms with E-state index in [-0.39, 0.29) is 18.0 Å². The molecule has 1 amide bonds. The number of carbonyl (C=O) groups is 1. The first-order valence-electron chi connectivity index (χ1n) is 6.30. The lowest BCUT2D eigenvalue weighted by atomic mass is 10.1. The monoisotopic (exact) mass is 290 g/mol. The van der Waals surface area contributed by atoms with Gasteiger partial charge in [0.1, 0.15) is 5.82 Å². The maximum absolute atomic E-state index is 13.0. The van der Waals surface area contributed by atoms with Crippen LogP contribution in [0.4, 0.5) is 4.39 Å². The summed E-state index contributed by atoms with van der Waals surface area (Å²) >= 11 is 0. The van der Waals surface area contributed by atoms with E-state index in [0.717, 1.165) is 5.56 Å². The summed E-state index contributed by atoms with van der Waals surface area (Å²) in [4.78, 5) is 11.8. The predicted molar refractivity (Wildman–Crippen MR) is 73.9 cm³/mol. The SMILES string of the molecule is O=C(NCc1ccc(C(O)NO)cc1)c1cccc(F)c1. The third-order valence-corrected chi connectivity index (χ3v) is 2.96. The van der Waals surface area contributed by atoms with E-state index < -0.39 is 12.0 Å². The van der Waals surface area contributed by atoms with Crippen molar-refractivity contribution in [2.45, 2.75) is 12.8 Å². The van der Waals surface area contributed by atoms with Gasteiger partial charge in [0.15, 0.2) is 6.23 Å². The summed E-state index contributed by atoms with van der Waals surface area (Å²) in [7, 11) is 0. The van der Waals surface area contributed by atoms with Gasteiger partial charge in [0.2, 0.25) is 0 Å². The quantitative estimate of drug-likeness (QED) is 0.499. The second-order valence-electron chi connectivity index (χ2n) is 4.47. The van der Waals surface area contributed by atoms with Gasteiger partial charge in [0, 0.05) is 12.1 Å². The Kier molecular flexibility index (Phi) is 4.99. The summed E-state index contributed by atoms with van der Waals surface area (Å²) in [5.74, 6) is -0.826. The van der Waals surface area contributed by atoms with Gasteiger partial charge < -0.3 is 15.6 Å². The first-order valence-corrected chi connectivity index (χ1v) is 6.30. The molecular formula is C15H15FN2O3. The minimum atomic E-state index is -1.15. The van der Waals surface area contributed by atoms with Crippen LogP contribution in [0.3, 0.4) is 0 Å². The number of hydrogen-bond donors (Lipinski definition) is 4. The number of nitrogens with one attached hydrogen (secondary N) is 2. The van der Waals surface area contributed by atoms with E-state index in [9.17, 15) is 14.3 Å². The van der Waals surface area contributed by atoms with Gasteiger partial charge in [-0.2, -0.15) is 5.48 Å². The van der Waals surface area contributed by atoms with E-state index in [2.05, 4.69) is 5.32 Å².